The predicted octanol–water partition coefficient (Wildman–Crippen LogP) is 2.76. The number of carbonyl (C=O) groups excluding carboxylic acids is 1. The van der Waals surface area contributed by atoms with Gasteiger partial charge in [0.2, 0.25) is 5.91 Å². The fraction of sp³-hybridized carbons (Fsp3) is 0.353. The highest BCUT2D eigenvalue weighted by atomic mass is 32.1. The Balaban J connectivity index is 1.74. The standard InChI is InChI=1S/C17H22N2OS/c1-13(12-15-8-5-11-21-15)19-17(20)16(18)10-9-14-6-3-2-4-7-14/h2-8,11,13,16H,9-10,12,18H2,1H3,(H,19,20)/t13?,16-/m0/s1. The van der Waals surface area contributed by atoms with E-state index >= 15 is 0 Å². The van der Waals surface area contributed by atoms with E-state index in [1.807, 2.05) is 31.2 Å². The highest BCUT2D eigenvalue weighted by molar-refractivity contribution is 7.09. The van der Waals surface area contributed by atoms with Crippen LogP contribution in [-0.4, -0.2) is 18.0 Å². The van der Waals surface area contributed by atoms with E-state index in [9.17, 15) is 4.79 Å². The van der Waals surface area contributed by atoms with Crippen molar-refractivity contribution in [3.8, 4) is 0 Å². The Bertz CT molecular complexity index is 539. The molecule has 0 aliphatic carbocycles. The summed E-state index contributed by atoms with van der Waals surface area (Å²) in [6, 6.07) is 13.9. The number of hydrogen-bond acceptors (Lipinski definition) is 3. The molecule has 0 radical (unpaired) electrons. The molecule has 0 spiro atoms. The van der Waals surface area contributed by atoms with Gasteiger partial charge in [0.05, 0.1) is 6.04 Å². The van der Waals surface area contributed by atoms with Crippen molar-refractivity contribution >= 4 is 17.2 Å². The number of thiophene rings is 1. The van der Waals surface area contributed by atoms with Crippen molar-refractivity contribution < 1.29 is 4.79 Å². The highest BCUT2D eigenvalue weighted by Gasteiger charge is 2.16. The molecule has 1 aromatic carbocycles. The van der Waals surface area contributed by atoms with Gasteiger partial charge in [0.1, 0.15) is 0 Å². The molecule has 2 aromatic rings. The summed E-state index contributed by atoms with van der Waals surface area (Å²) in [4.78, 5) is 13.3. The number of nitrogens with two attached hydrogens (primary N) is 1. The zero-order valence-electron chi connectivity index (χ0n) is 12.3. The monoisotopic (exact) mass is 302 g/mol. The van der Waals surface area contributed by atoms with Gasteiger partial charge in [-0.05, 0) is 36.8 Å². The molecule has 2 atom stereocenters. The van der Waals surface area contributed by atoms with E-state index in [-0.39, 0.29) is 11.9 Å². The first-order valence-electron chi connectivity index (χ1n) is 7.27. The number of aryl methyl sites for hydroxylation is 1. The molecule has 0 aliphatic rings. The average molecular weight is 302 g/mol. The van der Waals surface area contributed by atoms with Crippen LogP contribution in [0.4, 0.5) is 0 Å². The summed E-state index contributed by atoms with van der Waals surface area (Å²) < 4.78 is 0. The van der Waals surface area contributed by atoms with Gasteiger partial charge in [0.25, 0.3) is 0 Å². The van der Waals surface area contributed by atoms with Crippen molar-refractivity contribution in [1.29, 1.82) is 0 Å². The van der Waals surface area contributed by atoms with Crippen LogP contribution in [0.2, 0.25) is 0 Å². The van der Waals surface area contributed by atoms with Crippen LogP contribution < -0.4 is 11.1 Å². The summed E-state index contributed by atoms with van der Waals surface area (Å²) in [5.41, 5.74) is 7.19. The molecule has 1 amide bonds. The fourth-order valence-corrected chi connectivity index (χ4v) is 3.06. The second-order valence-electron chi connectivity index (χ2n) is 5.32. The van der Waals surface area contributed by atoms with Gasteiger partial charge >= 0.3 is 0 Å². The van der Waals surface area contributed by atoms with Crippen LogP contribution in [0.3, 0.4) is 0 Å². The Morgan fingerprint density at radius 1 is 1.24 bits per heavy atom. The lowest BCUT2D eigenvalue weighted by Crippen LogP contribution is -2.45. The smallest absolute Gasteiger partial charge is 0.237 e. The molecule has 1 aromatic heterocycles. The van der Waals surface area contributed by atoms with Crippen molar-refractivity contribution in [2.45, 2.75) is 38.3 Å². The molecular formula is C17H22N2OS. The third-order valence-corrected chi connectivity index (χ3v) is 4.30. The van der Waals surface area contributed by atoms with E-state index in [1.54, 1.807) is 11.3 Å². The lowest BCUT2D eigenvalue weighted by Gasteiger charge is -2.17. The van der Waals surface area contributed by atoms with Gasteiger partial charge in [-0.1, -0.05) is 36.4 Å². The van der Waals surface area contributed by atoms with Gasteiger partial charge in [-0.25, -0.2) is 0 Å². The predicted molar refractivity (Wildman–Crippen MR) is 88.4 cm³/mol. The minimum atomic E-state index is -0.448. The van der Waals surface area contributed by atoms with E-state index in [2.05, 4.69) is 28.9 Å². The van der Waals surface area contributed by atoms with Crippen LogP contribution in [0.5, 0.6) is 0 Å². The van der Waals surface area contributed by atoms with E-state index < -0.39 is 6.04 Å². The molecule has 21 heavy (non-hydrogen) atoms. The van der Waals surface area contributed by atoms with E-state index in [0.29, 0.717) is 6.42 Å². The number of benzene rings is 1. The molecule has 0 aliphatic heterocycles. The van der Waals surface area contributed by atoms with Crippen molar-refractivity contribution in [3.63, 3.8) is 0 Å². The summed E-state index contributed by atoms with van der Waals surface area (Å²) in [5.74, 6) is -0.0602. The van der Waals surface area contributed by atoms with Crippen LogP contribution in [-0.2, 0) is 17.6 Å². The maximum Gasteiger partial charge on any atom is 0.237 e. The molecule has 0 saturated heterocycles. The molecule has 0 saturated carbocycles. The van der Waals surface area contributed by atoms with Gasteiger partial charge in [0, 0.05) is 17.3 Å². The SMILES string of the molecule is CC(Cc1cccs1)NC(=O)[C@@H](N)CCc1ccccc1. The molecule has 0 bridgehead atoms. The first kappa shape index (κ1) is 15.7. The maximum absolute atomic E-state index is 12.1. The molecule has 112 valence electrons. The lowest BCUT2D eigenvalue weighted by atomic mass is 10.0. The Labute approximate surface area is 130 Å². The number of rotatable bonds is 7. The van der Waals surface area contributed by atoms with Gasteiger partial charge in [-0.3, -0.25) is 4.79 Å². The molecule has 3 nitrogen and oxygen atoms in total. The third-order valence-electron chi connectivity index (χ3n) is 3.40. The largest absolute Gasteiger partial charge is 0.352 e. The summed E-state index contributed by atoms with van der Waals surface area (Å²) >= 11 is 1.71. The minimum absolute atomic E-state index is 0.0602. The number of carbonyl (C=O) groups is 1. The first-order chi connectivity index (χ1) is 10.1. The third kappa shape index (κ3) is 5.33. The van der Waals surface area contributed by atoms with Crippen LogP contribution in [0.15, 0.2) is 47.8 Å². The maximum atomic E-state index is 12.1. The van der Waals surface area contributed by atoms with Gasteiger partial charge in [-0.15, -0.1) is 11.3 Å². The molecule has 3 N–H and O–H groups in total. The quantitative estimate of drug-likeness (QED) is 0.826. The van der Waals surface area contributed by atoms with Crippen molar-refractivity contribution in [2.24, 2.45) is 5.73 Å². The summed E-state index contributed by atoms with van der Waals surface area (Å²) in [5, 5.41) is 5.05. The van der Waals surface area contributed by atoms with Gasteiger partial charge in [-0.2, -0.15) is 0 Å². The molecule has 4 heteroatoms. The Morgan fingerprint density at radius 3 is 2.67 bits per heavy atom. The second kappa shape index (κ2) is 7.96. The second-order valence-corrected chi connectivity index (χ2v) is 6.36. The van der Waals surface area contributed by atoms with E-state index in [0.717, 1.165) is 12.8 Å². The van der Waals surface area contributed by atoms with Crippen molar-refractivity contribution in [2.75, 3.05) is 0 Å². The average Bonchev–Trinajstić information content (AvgIpc) is 2.98. The van der Waals surface area contributed by atoms with Gasteiger partial charge < -0.3 is 11.1 Å². The fourth-order valence-electron chi connectivity index (χ4n) is 2.23. The van der Waals surface area contributed by atoms with Gasteiger partial charge in [0.15, 0.2) is 0 Å². The zero-order valence-corrected chi connectivity index (χ0v) is 13.1. The van der Waals surface area contributed by atoms with Crippen molar-refractivity contribution in [3.05, 3.63) is 58.3 Å². The molecular weight excluding hydrogens is 280 g/mol. The van der Waals surface area contributed by atoms with Crippen LogP contribution in [0.1, 0.15) is 23.8 Å². The molecule has 1 heterocycles. The zero-order chi connectivity index (χ0) is 15.1. The number of amides is 1. The Kier molecular flexibility index (Phi) is 5.96. The number of nitrogens with one attached hydrogen (secondary N) is 1. The summed E-state index contributed by atoms with van der Waals surface area (Å²) in [7, 11) is 0. The molecule has 0 fully saturated rings. The Hall–Kier alpha value is -1.65. The topological polar surface area (TPSA) is 55.1 Å². The van der Waals surface area contributed by atoms with Crippen LogP contribution >= 0.6 is 11.3 Å². The van der Waals surface area contributed by atoms with Crippen LogP contribution in [0.25, 0.3) is 0 Å². The van der Waals surface area contributed by atoms with Crippen molar-refractivity contribution in [1.82, 2.24) is 5.32 Å². The molecule has 1 unspecified atom stereocenters. The highest BCUT2D eigenvalue weighted by Crippen LogP contribution is 2.11. The summed E-state index contributed by atoms with van der Waals surface area (Å²) in [6.07, 6.45) is 2.35. The van der Waals surface area contributed by atoms with E-state index in [1.165, 1.54) is 10.4 Å². The summed E-state index contributed by atoms with van der Waals surface area (Å²) in [6.45, 7) is 2.02. The molecule has 2 rings (SSSR count). The number of hydrogen-bond donors (Lipinski definition) is 2. The Morgan fingerprint density at radius 2 is 2.00 bits per heavy atom. The van der Waals surface area contributed by atoms with E-state index in [4.69, 9.17) is 5.73 Å². The normalized spacial score (nSPS) is 13.6. The first-order valence-corrected chi connectivity index (χ1v) is 8.15. The minimum Gasteiger partial charge on any atom is -0.352 e. The lowest BCUT2D eigenvalue weighted by molar-refractivity contribution is -0.123. The van der Waals surface area contributed by atoms with Crippen LogP contribution in [0, 0.1) is 0 Å².